The summed E-state index contributed by atoms with van der Waals surface area (Å²) in [5.41, 5.74) is -1.02. The van der Waals surface area contributed by atoms with Gasteiger partial charge in [0.15, 0.2) is 17.2 Å². The highest BCUT2D eigenvalue weighted by Gasteiger charge is 2.49. The number of hydrogen-bond acceptors (Lipinski definition) is 27. The van der Waals surface area contributed by atoms with Crippen LogP contribution >= 0.6 is 0 Å². The van der Waals surface area contributed by atoms with Crippen LogP contribution in [0.3, 0.4) is 0 Å². The van der Waals surface area contributed by atoms with Gasteiger partial charge in [-0.05, 0) is 99.1 Å². The Bertz CT molecular complexity index is 4880. The number of fused-ring (bicyclic) bond motifs is 3. The van der Waals surface area contributed by atoms with E-state index in [4.69, 9.17) is 42.6 Å². The van der Waals surface area contributed by atoms with Crippen LogP contribution in [0.5, 0.6) is 34.9 Å². The highest BCUT2D eigenvalue weighted by Crippen LogP contribution is 2.42. The van der Waals surface area contributed by atoms with Crippen molar-refractivity contribution in [1.29, 1.82) is 0 Å². The molecule has 3 aromatic heterocycles. The maximum Gasteiger partial charge on any atom is 0.265 e. The summed E-state index contributed by atoms with van der Waals surface area (Å²) >= 11 is 0. The van der Waals surface area contributed by atoms with Gasteiger partial charge in [-0.1, -0.05) is 36.4 Å². The van der Waals surface area contributed by atoms with Crippen LogP contribution in [-0.2, 0) is 64.7 Å². The number of anilines is 3. The molecule has 3 N–H and O–H groups in total. The van der Waals surface area contributed by atoms with Crippen molar-refractivity contribution in [3.63, 3.8) is 0 Å². The second-order valence-corrected chi connectivity index (χ2v) is 30.8. The van der Waals surface area contributed by atoms with E-state index in [2.05, 4.69) is 30.9 Å². The average Bonchev–Trinajstić information content (AvgIpc) is 1.60. The fourth-order valence-corrected chi connectivity index (χ4v) is 14.3. The SMILES string of the molecule is CCOc1nc(C(CS(C)(=O)=O)N2C(=O)c3c(F)ccc(NC(=O)COC)c3C2=O)ccc1OC.CCOc1nc([C@@H](CS(C)(=O)=O)N2C(=O)c3c(F)ccc(NC(=O)COC)c3C2=O)ccc1OC.CCOc1nc([C@H](CS(C)(=O)=O)N2C(=O)c3cccc(NC(=O)COCc4ccccc4)c3C2=O)ccc1OC. The number of benzene rings is 4. The van der Waals surface area contributed by atoms with Crippen LogP contribution in [0, 0.1) is 11.6 Å². The van der Waals surface area contributed by atoms with Crippen molar-refractivity contribution in [2.45, 2.75) is 45.5 Å². The molecule has 3 aliphatic rings. The summed E-state index contributed by atoms with van der Waals surface area (Å²) in [7, 11) is -4.44. The molecule has 3 atom stereocenters. The summed E-state index contributed by atoms with van der Waals surface area (Å²) in [4.78, 5) is 132. The monoisotopic (exact) mass is 1590 g/mol. The lowest BCUT2D eigenvalue weighted by Crippen LogP contribution is -2.38. The van der Waals surface area contributed by atoms with Crippen LogP contribution in [0.1, 0.15) is 124 Å². The summed E-state index contributed by atoms with van der Waals surface area (Å²) in [5.74, 6) is -10.3. The Morgan fingerprint density at radius 3 is 1.09 bits per heavy atom. The van der Waals surface area contributed by atoms with Gasteiger partial charge in [0.25, 0.3) is 53.1 Å². The minimum absolute atomic E-state index is 0.0135. The van der Waals surface area contributed by atoms with Gasteiger partial charge < -0.3 is 58.6 Å². The minimum Gasteiger partial charge on any atom is -0.491 e. The van der Waals surface area contributed by atoms with E-state index in [9.17, 15) is 77.2 Å². The fraction of sp³-hybridized carbons (Fsp3) is 0.333. The van der Waals surface area contributed by atoms with Crippen LogP contribution < -0.4 is 44.4 Å². The Morgan fingerprint density at radius 2 is 0.745 bits per heavy atom. The molecular formula is C72H77F2N9O24S3. The predicted octanol–water partition coefficient (Wildman–Crippen LogP) is 6.22. The molecule has 0 bridgehead atoms. The van der Waals surface area contributed by atoms with Crippen LogP contribution in [-0.4, -0.2) is 219 Å². The number of aromatic nitrogens is 3. The first-order valence-corrected chi connectivity index (χ1v) is 39.3. The molecule has 7 aromatic rings. The highest BCUT2D eigenvalue weighted by atomic mass is 32.2. The van der Waals surface area contributed by atoms with Gasteiger partial charge in [-0.25, -0.2) is 49.0 Å². The largest absolute Gasteiger partial charge is 0.491 e. The van der Waals surface area contributed by atoms with E-state index in [0.29, 0.717) is 15.5 Å². The van der Waals surface area contributed by atoms with Crippen molar-refractivity contribution >= 4 is 99.7 Å². The molecule has 38 heteroatoms. The first-order valence-electron chi connectivity index (χ1n) is 33.1. The molecule has 0 saturated carbocycles. The van der Waals surface area contributed by atoms with Crippen molar-refractivity contribution in [2.24, 2.45) is 0 Å². The van der Waals surface area contributed by atoms with Gasteiger partial charge in [-0.2, -0.15) is 0 Å². The lowest BCUT2D eigenvalue weighted by molar-refractivity contribution is -0.121. The van der Waals surface area contributed by atoms with Crippen LogP contribution in [0.25, 0.3) is 0 Å². The van der Waals surface area contributed by atoms with Gasteiger partial charge in [-0.3, -0.25) is 57.9 Å². The molecule has 33 nitrogen and oxygen atoms in total. The third kappa shape index (κ3) is 20.1. The molecule has 0 spiro atoms. The van der Waals surface area contributed by atoms with Gasteiger partial charge >= 0.3 is 0 Å². The van der Waals surface area contributed by atoms with E-state index < -0.39 is 152 Å². The van der Waals surface area contributed by atoms with E-state index in [0.717, 1.165) is 53.5 Å². The Morgan fingerprint density at radius 1 is 0.409 bits per heavy atom. The number of sulfone groups is 3. The summed E-state index contributed by atoms with van der Waals surface area (Å²) in [6.07, 6.45) is 2.87. The van der Waals surface area contributed by atoms with Crippen LogP contribution in [0.2, 0.25) is 0 Å². The number of nitrogens with one attached hydrogen (secondary N) is 3. The van der Waals surface area contributed by atoms with Crippen molar-refractivity contribution in [2.75, 3.05) is 127 Å². The molecule has 0 radical (unpaired) electrons. The zero-order chi connectivity index (χ0) is 80.7. The van der Waals surface area contributed by atoms with Crippen molar-refractivity contribution in [1.82, 2.24) is 29.7 Å². The molecule has 9 amide bonds. The van der Waals surface area contributed by atoms with Gasteiger partial charge in [0, 0.05) is 33.0 Å². The molecule has 0 aliphatic carbocycles. The number of rotatable bonds is 32. The first-order chi connectivity index (χ1) is 52.2. The zero-order valence-corrected chi connectivity index (χ0v) is 63.6. The summed E-state index contributed by atoms with van der Waals surface area (Å²) in [6, 6.07) is 22.5. The van der Waals surface area contributed by atoms with Crippen molar-refractivity contribution in [3.05, 3.63) is 177 Å². The smallest absolute Gasteiger partial charge is 0.265 e. The Labute approximate surface area is 630 Å². The number of imide groups is 3. The fourth-order valence-electron chi connectivity index (χ4n) is 11.6. The number of halogens is 2. The van der Waals surface area contributed by atoms with E-state index in [1.54, 1.807) is 20.8 Å². The number of carbonyl (C=O) groups is 9. The maximum absolute atomic E-state index is 14.7. The third-order valence-electron chi connectivity index (χ3n) is 16.1. The predicted molar refractivity (Wildman–Crippen MR) is 390 cm³/mol. The number of ether oxygens (including phenoxy) is 9. The van der Waals surface area contributed by atoms with E-state index in [-0.39, 0.29) is 121 Å². The first kappa shape index (κ1) is 84.2. The molecule has 0 fully saturated rings. The van der Waals surface area contributed by atoms with Gasteiger partial charge in [0.05, 0.1) is 151 Å². The van der Waals surface area contributed by atoms with Crippen molar-refractivity contribution in [3.8, 4) is 34.9 Å². The Hall–Kier alpha value is -11.5. The number of nitrogens with zero attached hydrogens (tertiary/aromatic N) is 6. The van der Waals surface area contributed by atoms with Crippen molar-refractivity contribution < 1.29 is 120 Å². The topological polar surface area (TPSA) is 424 Å². The molecule has 3 aliphatic heterocycles. The number of amides is 9. The lowest BCUT2D eigenvalue weighted by atomic mass is 10.1. The maximum atomic E-state index is 14.7. The molecule has 110 heavy (non-hydrogen) atoms. The van der Waals surface area contributed by atoms with E-state index in [1.165, 1.54) is 90.1 Å². The van der Waals surface area contributed by atoms with E-state index >= 15 is 0 Å². The highest BCUT2D eigenvalue weighted by molar-refractivity contribution is 7.91. The molecular weight excluding hydrogens is 1510 g/mol. The normalized spacial score (nSPS) is 13.9. The summed E-state index contributed by atoms with van der Waals surface area (Å²) in [5, 5.41) is 7.45. The second-order valence-electron chi connectivity index (χ2n) is 24.2. The quantitative estimate of drug-likeness (QED) is 0.0394. The van der Waals surface area contributed by atoms with Crippen LogP contribution in [0.4, 0.5) is 25.8 Å². The number of methoxy groups -OCH3 is 5. The van der Waals surface area contributed by atoms with Crippen LogP contribution in [0.15, 0.2) is 109 Å². The molecule has 6 heterocycles. The minimum atomic E-state index is -3.77. The standard InChI is InChI=1S/C28H29N3O8S.2C22H24FN3O8S/c1-4-39-26-23(37-2)14-13-20(30-26)22(17-40(3,35)36)31-27(33)19-11-8-12-21(25(19)28(31)34)29-24(32)16-38-15-18-9-6-5-7-10-18;2*1-5-34-20-16(33-3)9-8-13(25-20)15(11-35(4,30)31)26-21(28)18-12(23)6-7-14(19(18)22(26)29)24-17(27)10-32-2/h5-14,22H,4,15-17H2,1-3H3,(H,29,32);2*6-9,15H,5,10-11H2,1-4H3,(H,24,27)/t22-;15-;/m01./s1. The van der Waals surface area contributed by atoms with Gasteiger partial charge in [0.1, 0.15) is 61.0 Å². The average molecular weight is 1590 g/mol. The van der Waals surface area contributed by atoms with Gasteiger partial charge in [0.2, 0.25) is 17.7 Å². The zero-order valence-electron chi connectivity index (χ0n) is 61.2. The number of carbonyl (C=O) groups excluding carboxylic acids is 9. The second kappa shape index (κ2) is 36.6. The molecule has 586 valence electrons. The van der Waals surface area contributed by atoms with E-state index in [1.807, 2.05) is 30.3 Å². The lowest BCUT2D eigenvalue weighted by Gasteiger charge is -2.26. The summed E-state index contributed by atoms with van der Waals surface area (Å²) in [6.45, 7) is 5.09. The number of pyridine rings is 3. The van der Waals surface area contributed by atoms with Gasteiger partial charge in [-0.15, -0.1) is 0 Å². The summed E-state index contributed by atoms with van der Waals surface area (Å²) < 4.78 is 150. The molecule has 10 rings (SSSR count). The molecule has 1 unspecified atom stereocenters. The Balaban J connectivity index is 0.000000208. The Kier molecular flexibility index (Phi) is 28.0. The molecule has 4 aromatic carbocycles. The number of hydrogen-bond donors (Lipinski definition) is 3. The third-order valence-corrected chi connectivity index (χ3v) is 18.9. The molecule has 0 saturated heterocycles.